The number of hydrogen-bond donors (Lipinski definition) is 1. The molecule has 0 aromatic carbocycles. The molecule has 2 fully saturated rings. The summed E-state index contributed by atoms with van der Waals surface area (Å²) in [6.45, 7) is 1.56. The van der Waals surface area contributed by atoms with Gasteiger partial charge in [-0.2, -0.15) is 0 Å². The van der Waals surface area contributed by atoms with E-state index in [2.05, 4.69) is 0 Å². The number of aliphatic carboxylic acids is 1. The van der Waals surface area contributed by atoms with Crippen molar-refractivity contribution in [2.45, 2.75) is 31.8 Å². The van der Waals surface area contributed by atoms with Crippen LogP contribution in [-0.4, -0.2) is 46.0 Å². The summed E-state index contributed by atoms with van der Waals surface area (Å²) in [7, 11) is 0. The van der Waals surface area contributed by atoms with E-state index in [1.807, 2.05) is 22.4 Å². The first-order valence-corrected chi connectivity index (χ1v) is 7.84. The van der Waals surface area contributed by atoms with Crippen molar-refractivity contribution in [2.24, 2.45) is 5.92 Å². The Balaban J connectivity index is 1.65. The Kier molecular flexibility index (Phi) is 3.65. The molecule has 1 aromatic rings. The van der Waals surface area contributed by atoms with Crippen molar-refractivity contribution in [1.29, 1.82) is 0 Å². The Labute approximate surface area is 121 Å². The van der Waals surface area contributed by atoms with E-state index in [0.717, 1.165) is 12.8 Å². The fraction of sp³-hybridized carbons (Fsp3) is 0.571. The molecule has 3 rings (SSSR count). The molecule has 108 valence electrons. The summed E-state index contributed by atoms with van der Waals surface area (Å²) in [5, 5.41) is 11.0. The predicted molar refractivity (Wildman–Crippen MR) is 75.6 cm³/mol. The Hall–Kier alpha value is -1.56. The number of carbonyl (C=O) groups is 2. The van der Waals surface area contributed by atoms with E-state index in [1.54, 1.807) is 16.2 Å². The number of carboxylic acids is 1. The minimum atomic E-state index is -0.795. The van der Waals surface area contributed by atoms with Crippen molar-refractivity contribution in [3.8, 4) is 0 Å². The molecule has 1 aromatic heterocycles. The maximum absolute atomic E-state index is 12.6. The number of amides is 2. The number of hydrogen-bond acceptors (Lipinski definition) is 3. The molecule has 1 saturated heterocycles. The van der Waals surface area contributed by atoms with Gasteiger partial charge < -0.3 is 14.9 Å². The molecule has 1 saturated carbocycles. The van der Waals surface area contributed by atoms with Crippen LogP contribution in [0.2, 0.25) is 0 Å². The molecule has 1 atom stereocenters. The van der Waals surface area contributed by atoms with Crippen LogP contribution in [-0.2, 0) is 11.3 Å². The topological polar surface area (TPSA) is 60.9 Å². The van der Waals surface area contributed by atoms with E-state index in [9.17, 15) is 9.59 Å². The maximum Gasteiger partial charge on any atom is 0.320 e. The SMILES string of the molecule is O=C(O)C1CCN(C(=O)N(Cc2cccs2)C2CC2)C1. The summed E-state index contributed by atoms with van der Waals surface area (Å²) in [4.78, 5) is 28.4. The highest BCUT2D eigenvalue weighted by Gasteiger charge is 2.38. The van der Waals surface area contributed by atoms with Crippen molar-refractivity contribution in [2.75, 3.05) is 13.1 Å². The predicted octanol–water partition coefficient (Wildman–Crippen LogP) is 2.24. The van der Waals surface area contributed by atoms with Crippen LogP contribution < -0.4 is 0 Å². The van der Waals surface area contributed by atoms with Gasteiger partial charge in [-0.05, 0) is 30.7 Å². The van der Waals surface area contributed by atoms with Gasteiger partial charge in [0.05, 0.1) is 12.5 Å². The first-order valence-electron chi connectivity index (χ1n) is 6.96. The Bertz CT molecular complexity index is 499. The summed E-state index contributed by atoms with van der Waals surface area (Å²) in [6, 6.07) is 4.38. The fourth-order valence-corrected chi connectivity index (χ4v) is 3.33. The Morgan fingerprint density at radius 2 is 2.20 bits per heavy atom. The molecule has 2 heterocycles. The van der Waals surface area contributed by atoms with Crippen molar-refractivity contribution in [1.82, 2.24) is 9.80 Å². The molecule has 0 radical (unpaired) electrons. The lowest BCUT2D eigenvalue weighted by Gasteiger charge is -2.27. The lowest BCUT2D eigenvalue weighted by atomic mass is 10.1. The molecule has 2 amide bonds. The van der Waals surface area contributed by atoms with Gasteiger partial charge in [0.15, 0.2) is 0 Å². The summed E-state index contributed by atoms with van der Waals surface area (Å²) in [6.07, 6.45) is 2.69. The lowest BCUT2D eigenvalue weighted by molar-refractivity contribution is -0.141. The average Bonchev–Trinajstić information content (AvgIpc) is 2.95. The van der Waals surface area contributed by atoms with Crippen LogP contribution in [0.1, 0.15) is 24.1 Å². The molecule has 1 aliphatic carbocycles. The summed E-state index contributed by atoms with van der Waals surface area (Å²) < 4.78 is 0. The zero-order valence-electron chi connectivity index (χ0n) is 11.2. The van der Waals surface area contributed by atoms with Gasteiger partial charge in [0.25, 0.3) is 0 Å². The number of urea groups is 1. The van der Waals surface area contributed by atoms with Gasteiger partial charge in [0, 0.05) is 24.0 Å². The van der Waals surface area contributed by atoms with Gasteiger partial charge in [0.1, 0.15) is 0 Å². The fourth-order valence-electron chi connectivity index (χ4n) is 2.63. The number of carboxylic acid groups (broad SMARTS) is 1. The van der Waals surface area contributed by atoms with E-state index < -0.39 is 11.9 Å². The van der Waals surface area contributed by atoms with E-state index in [4.69, 9.17) is 5.11 Å². The number of likely N-dealkylation sites (tertiary alicyclic amines) is 1. The Morgan fingerprint density at radius 1 is 1.40 bits per heavy atom. The highest BCUT2D eigenvalue weighted by atomic mass is 32.1. The first kappa shape index (κ1) is 13.4. The van der Waals surface area contributed by atoms with E-state index in [0.29, 0.717) is 32.1 Å². The molecule has 5 nitrogen and oxygen atoms in total. The highest BCUT2D eigenvalue weighted by Crippen LogP contribution is 2.31. The number of carbonyl (C=O) groups excluding carboxylic acids is 1. The zero-order chi connectivity index (χ0) is 14.1. The van der Waals surface area contributed by atoms with Crippen molar-refractivity contribution in [3.05, 3.63) is 22.4 Å². The van der Waals surface area contributed by atoms with Crippen LogP contribution in [0.5, 0.6) is 0 Å². The van der Waals surface area contributed by atoms with Gasteiger partial charge >= 0.3 is 12.0 Å². The van der Waals surface area contributed by atoms with Gasteiger partial charge in [-0.15, -0.1) is 11.3 Å². The molecule has 0 spiro atoms. The normalized spacial score (nSPS) is 22.0. The van der Waals surface area contributed by atoms with Crippen molar-refractivity contribution >= 4 is 23.3 Å². The van der Waals surface area contributed by atoms with Crippen LogP contribution in [0.3, 0.4) is 0 Å². The molecule has 2 aliphatic rings. The number of nitrogens with zero attached hydrogens (tertiary/aromatic N) is 2. The lowest BCUT2D eigenvalue weighted by Crippen LogP contribution is -2.43. The number of thiophene rings is 1. The summed E-state index contributed by atoms with van der Waals surface area (Å²) >= 11 is 1.66. The van der Waals surface area contributed by atoms with Gasteiger partial charge in [-0.25, -0.2) is 4.79 Å². The second-order valence-corrected chi connectivity index (χ2v) is 6.52. The van der Waals surface area contributed by atoms with Gasteiger partial charge in [0.2, 0.25) is 0 Å². The first-order chi connectivity index (χ1) is 9.65. The molecule has 1 aliphatic heterocycles. The molecular formula is C14H18N2O3S. The third kappa shape index (κ3) is 2.80. The standard InChI is InChI=1S/C14H18N2O3S/c17-13(18)10-5-6-15(8-10)14(19)16(11-3-4-11)9-12-2-1-7-20-12/h1-2,7,10-11H,3-6,8-9H2,(H,17,18). The Morgan fingerprint density at radius 3 is 2.75 bits per heavy atom. The smallest absolute Gasteiger partial charge is 0.320 e. The second kappa shape index (κ2) is 5.44. The van der Waals surface area contributed by atoms with Crippen LogP contribution >= 0.6 is 11.3 Å². The van der Waals surface area contributed by atoms with E-state index in [1.165, 1.54) is 4.88 Å². The highest BCUT2D eigenvalue weighted by molar-refractivity contribution is 7.09. The third-order valence-electron chi connectivity index (χ3n) is 3.95. The molecule has 0 bridgehead atoms. The summed E-state index contributed by atoms with van der Waals surface area (Å²) in [5.74, 6) is -1.20. The second-order valence-electron chi connectivity index (χ2n) is 5.49. The van der Waals surface area contributed by atoms with E-state index in [-0.39, 0.29) is 6.03 Å². The van der Waals surface area contributed by atoms with Crippen molar-refractivity contribution in [3.63, 3.8) is 0 Å². The van der Waals surface area contributed by atoms with Gasteiger partial charge in [-0.3, -0.25) is 4.79 Å². The minimum absolute atomic E-state index is 0.00431. The molecule has 20 heavy (non-hydrogen) atoms. The molecule has 6 heteroatoms. The molecule has 1 unspecified atom stereocenters. The van der Waals surface area contributed by atoms with E-state index >= 15 is 0 Å². The summed E-state index contributed by atoms with van der Waals surface area (Å²) in [5.41, 5.74) is 0. The van der Waals surface area contributed by atoms with Crippen LogP contribution in [0, 0.1) is 5.92 Å². The third-order valence-corrected chi connectivity index (χ3v) is 4.81. The quantitative estimate of drug-likeness (QED) is 0.926. The largest absolute Gasteiger partial charge is 0.481 e. The van der Waals surface area contributed by atoms with Crippen LogP contribution in [0.25, 0.3) is 0 Å². The monoisotopic (exact) mass is 294 g/mol. The zero-order valence-corrected chi connectivity index (χ0v) is 12.0. The van der Waals surface area contributed by atoms with Gasteiger partial charge in [-0.1, -0.05) is 6.07 Å². The van der Waals surface area contributed by atoms with Crippen LogP contribution in [0.4, 0.5) is 4.79 Å². The number of rotatable bonds is 4. The van der Waals surface area contributed by atoms with Crippen LogP contribution in [0.15, 0.2) is 17.5 Å². The maximum atomic E-state index is 12.6. The minimum Gasteiger partial charge on any atom is -0.481 e. The molecule has 1 N–H and O–H groups in total. The van der Waals surface area contributed by atoms with Crippen molar-refractivity contribution < 1.29 is 14.7 Å². The average molecular weight is 294 g/mol. The molecular weight excluding hydrogens is 276 g/mol.